The number of aliphatic hydroxyl groups is 1. The predicted molar refractivity (Wildman–Crippen MR) is 255 cm³/mol. The van der Waals surface area contributed by atoms with Gasteiger partial charge < -0.3 is 38.3 Å². The van der Waals surface area contributed by atoms with Gasteiger partial charge in [0.2, 0.25) is 0 Å². The van der Waals surface area contributed by atoms with Gasteiger partial charge in [-0.05, 0) is 135 Å². The van der Waals surface area contributed by atoms with Crippen LogP contribution in [0, 0.1) is 13.8 Å². The van der Waals surface area contributed by atoms with Crippen LogP contribution in [0.5, 0.6) is 11.5 Å². The average Bonchev–Trinajstić information content (AvgIpc) is 3.85. The van der Waals surface area contributed by atoms with Gasteiger partial charge in [0, 0.05) is 58.6 Å². The summed E-state index contributed by atoms with van der Waals surface area (Å²) in [6, 6.07) is 41.5. The molecule has 0 fully saturated rings. The minimum Gasteiger partial charge on any atom is -0.492 e. The first-order valence-electron chi connectivity index (χ1n) is 20.8. The second kappa shape index (κ2) is 26.5. The summed E-state index contributed by atoms with van der Waals surface area (Å²) in [5.74, 6) is 0.678. The summed E-state index contributed by atoms with van der Waals surface area (Å²) in [6.07, 6.45) is 4.24. The number of thioether (sulfide) groups is 2. The molecule has 6 aromatic rings. The van der Waals surface area contributed by atoms with E-state index < -0.39 is 12.1 Å². The van der Waals surface area contributed by atoms with Crippen molar-refractivity contribution in [3.05, 3.63) is 144 Å². The van der Waals surface area contributed by atoms with Crippen molar-refractivity contribution >= 4 is 52.5 Å². The molecular formula is C50H60MgN2O7S2+2. The Morgan fingerprint density at radius 1 is 0.597 bits per heavy atom. The standard InChI is InChI=1S/C25H29NO4S.C25H31NO3S.Mg/c1-4-29-24(25(27)28)17-19-6-10-21(11-7-19)30-16-15-26-18(2)5-14-23(26)20-8-12-22(31-3)13-9-20;1-4-28-23(18-27)17-20-6-10-22(11-7-20)29-16-15-26-19(2)5-14-25(26)21-8-12-24(30-3)13-9-21;/h5-14,24H,4,15-17H2,1-3H3,(H,27,28);5-14,23,27H,4,15-18H2,1-3H3;/q;;+2/t24-;23-;/m00./s1. The molecule has 2 atom stereocenters. The Balaban J connectivity index is 0.000000268. The maximum atomic E-state index is 11.3. The molecule has 0 amide bonds. The Morgan fingerprint density at radius 2 is 1.02 bits per heavy atom. The molecule has 6 rings (SSSR count). The summed E-state index contributed by atoms with van der Waals surface area (Å²) in [5.41, 5.74) is 9.26. The molecule has 4 aromatic carbocycles. The smallest absolute Gasteiger partial charge is 0.492 e. The van der Waals surface area contributed by atoms with E-state index in [1.54, 1.807) is 30.4 Å². The topological polar surface area (TPSA) is 104 Å². The summed E-state index contributed by atoms with van der Waals surface area (Å²) < 4.78 is 27.3. The largest absolute Gasteiger partial charge is 2.00 e. The molecular weight excluding hydrogens is 829 g/mol. The van der Waals surface area contributed by atoms with Crippen LogP contribution in [0.25, 0.3) is 22.5 Å². The molecule has 2 N–H and O–H groups in total. The third-order valence-corrected chi connectivity index (χ3v) is 11.8. The number of carboxylic acid groups (broad SMARTS) is 1. The number of hydrogen-bond acceptors (Lipinski definition) is 8. The fourth-order valence-corrected chi connectivity index (χ4v) is 7.84. The molecule has 0 saturated carbocycles. The monoisotopic (exact) mass is 888 g/mol. The molecule has 0 bridgehead atoms. The van der Waals surface area contributed by atoms with Gasteiger partial charge in [0.1, 0.15) is 24.7 Å². The van der Waals surface area contributed by atoms with Gasteiger partial charge in [0.25, 0.3) is 0 Å². The molecule has 0 aliphatic rings. The van der Waals surface area contributed by atoms with E-state index in [1.807, 2.05) is 55.5 Å². The van der Waals surface area contributed by atoms with Crippen molar-refractivity contribution in [2.45, 2.75) is 75.6 Å². The molecule has 2 heterocycles. The summed E-state index contributed by atoms with van der Waals surface area (Å²) in [7, 11) is 0. The van der Waals surface area contributed by atoms with Crippen molar-refractivity contribution in [1.82, 2.24) is 9.13 Å². The van der Waals surface area contributed by atoms with E-state index in [-0.39, 0.29) is 35.8 Å². The molecule has 0 aliphatic heterocycles. The average molecular weight is 889 g/mol. The van der Waals surface area contributed by atoms with Crippen molar-refractivity contribution < 1.29 is 34.0 Å². The van der Waals surface area contributed by atoms with Crippen LogP contribution in [0.1, 0.15) is 36.4 Å². The zero-order chi connectivity index (χ0) is 43.6. The first-order chi connectivity index (χ1) is 29.7. The van der Waals surface area contributed by atoms with E-state index in [1.165, 1.54) is 43.7 Å². The number of nitrogens with zero attached hydrogens (tertiary/aromatic N) is 2. The molecule has 62 heavy (non-hydrogen) atoms. The maximum Gasteiger partial charge on any atom is 2.00 e. The second-order valence-corrected chi connectivity index (χ2v) is 16.2. The molecule has 0 aliphatic carbocycles. The number of ether oxygens (including phenoxy) is 4. The van der Waals surface area contributed by atoms with Gasteiger partial charge in [-0.1, -0.05) is 48.5 Å². The Bertz CT molecular complexity index is 2210. The minimum atomic E-state index is -0.942. The Morgan fingerprint density at radius 3 is 1.39 bits per heavy atom. The number of benzene rings is 4. The van der Waals surface area contributed by atoms with Gasteiger partial charge in [-0.15, -0.1) is 23.5 Å². The van der Waals surface area contributed by atoms with Crippen LogP contribution < -0.4 is 9.47 Å². The van der Waals surface area contributed by atoms with Crippen LogP contribution in [-0.4, -0.2) is 106 Å². The molecule has 9 nitrogen and oxygen atoms in total. The fraction of sp³-hybridized carbons (Fsp3) is 0.340. The first kappa shape index (κ1) is 50.5. The number of aromatic nitrogens is 2. The molecule has 0 spiro atoms. The molecule has 2 aromatic heterocycles. The Labute approximate surface area is 392 Å². The van der Waals surface area contributed by atoms with Gasteiger partial charge >= 0.3 is 29.0 Å². The summed E-state index contributed by atoms with van der Waals surface area (Å²) in [4.78, 5) is 13.8. The third-order valence-electron chi connectivity index (χ3n) is 10.3. The van der Waals surface area contributed by atoms with E-state index in [4.69, 9.17) is 18.9 Å². The van der Waals surface area contributed by atoms with E-state index in [0.717, 1.165) is 35.7 Å². The van der Waals surface area contributed by atoms with Crippen LogP contribution in [0.2, 0.25) is 0 Å². The molecule has 12 heteroatoms. The molecule has 0 radical (unpaired) electrons. The van der Waals surface area contributed by atoms with E-state index in [2.05, 4.69) is 108 Å². The predicted octanol–water partition coefficient (Wildman–Crippen LogP) is 10.1. The molecule has 0 saturated heterocycles. The van der Waals surface area contributed by atoms with Crippen LogP contribution in [0.3, 0.4) is 0 Å². The maximum absolute atomic E-state index is 11.3. The first-order valence-corrected chi connectivity index (χ1v) is 23.2. The summed E-state index contributed by atoms with van der Waals surface area (Å²) in [5, 5.41) is 18.6. The normalized spacial score (nSPS) is 11.9. The van der Waals surface area contributed by atoms with E-state index in [0.29, 0.717) is 39.3 Å². The quantitative estimate of drug-likeness (QED) is 0.0509. The Kier molecular flexibility index (Phi) is 21.6. The number of aliphatic hydroxyl groups excluding tert-OH is 1. The van der Waals surface area contributed by atoms with Crippen molar-refractivity contribution in [3.8, 4) is 34.0 Å². The summed E-state index contributed by atoms with van der Waals surface area (Å²) in [6.45, 7) is 11.7. The minimum absolute atomic E-state index is 0. The van der Waals surface area contributed by atoms with Crippen molar-refractivity contribution in [1.29, 1.82) is 0 Å². The van der Waals surface area contributed by atoms with Gasteiger partial charge in [0.05, 0.1) is 25.8 Å². The SMILES string of the molecule is CCO[C@@H](Cc1ccc(OCCn2c(C)ccc2-c2ccc(SC)cc2)cc1)C(=O)O.CCO[C@H](CO)Cc1ccc(OCCn2c(C)ccc2-c2ccc(SC)cc2)cc1.[Mg+2]. The molecule has 0 unspecified atom stereocenters. The number of rotatable bonds is 22. The third kappa shape index (κ3) is 15.0. The van der Waals surface area contributed by atoms with Gasteiger partial charge in [-0.2, -0.15) is 0 Å². The number of hydrogen-bond donors (Lipinski definition) is 2. The zero-order valence-electron chi connectivity index (χ0n) is 36.9. The Hall–Kier alpha value is -4.14. The van der Waals surface area contributed by atoms with Crippen LogP contribution >= 0.6 is 23.5 Å². The van der Waals surface area contributed by atoms with Crippen LogP contribution in [0.15, 0.2) is 131 Å². The number of carboxylic acids is 1. The van der Waals surface area contributed by atoms with Crippen molar-refractivity contribution in [2.24, 2.45) is 0 Å². The van der Waals surface area contributed by atoms with Crippen LogP contribution in [-0.2, 0) is 40.2 Å². The van der Waals surface area contributed by atoms with E-state index >= 15 is 0 Å². The van der Waals surface area contributed by atoms with Crippen molar-refractivity contribution in [3.63, 3.8) is 0 Å². The fourth-order valence-electron chi connectivity index (χ4n) is 7.02. The summed E-state index contributed by atoms with van der Waals surface area (Å²) >= 11 is 3.49. The van der Waals surface area contributed by atoms with Gasteiger partial charge in [-0.3, -0.25) is 0 Å². The second-order valence-electron chi connectivity index (χ2n) is 14.4. The van der Waals surface area contributed by atoms with Gasteiger partial charge in [-0.25, -0.2) is 4.79 Å². The van der Waals surface area contributed by atoms with E-state index in [9.17, 15) is 15.0 Å². The number of carbonyl (C=O) groups is 1. The van der Waals surface area contributed by atoms with Crippen LogP contribution in [0.4, 0.5) is 0 Å². The zero-order valence-corrected chi connectivity index (χ0v) is 40.0. The van der Waals surface area contributed by atoms with Gasteiger partial charge in [0.15, 0.2) is 6.10 Å². The number of aryl methyl sites for hydroxylation is 2. The number of aliphatic carboxylic acids is 1. The molecule has 324 valence electrons. The van der Waals surface area contributed by atoms with Crippen molar-refractivity contribution in [2.75, 3.05) is 45.5 Å².